The fourth-order valence-corrected chi connectivity index (χ4v) is 20.3. The number of nitrogens with one attached hydrogen (secondary N) is 2. The van der Waals surface area contributed by atoms with E-state index in [1.807, 2.05) is 95.7 Å². The predicted molar refractivity (Wildman–Crippen MR) is 533 cm³/mol. The number of aliphatic hydroxyl groups is 4. The highest BCUT2D eigenvalue weighted by molar-refractivity contribution is 6.39. The number of piperidine rings is 1. The van der Waals surface area contributed by atoms with Crippen LogP contribution in [0.25, 0.3) is 33.4 Å². The van der Waals surface area contributed by atoms with Crippen LogP contribution < -0.4 is 31.9 Å². The van der Waals surface area contributed by atoms with Gasteiger partial charge < -0.3 is 109 Å². The van der Waals surface area contributed by atoms with Gasteiger partial charge in [-0.25, -0.2) is 39.4 Å². The predicted octanol–water partition coefficient (Wildman–Crippen LogP) is 7.43. The standard InChI is InChI=1S/C103H142N20O20/c1-63-16-12-11-13-17-64(2)83(135-8)52-77-24-19-69(7)103(134,143-77)94(130)98(132)122-31-15-14-18-79(122)99(133)141-84(66(4)48-70-21-25-80(124)85(50-70)136-9)53-81(125)65(3)47-68(6)92(129)93(137-10)90(67(5)46-63)116-140-61-86(126)107-54-72-55-108-101(109-56-72)120-39-37-118(38-40-120)87(127)28-43-139-45-41-117-33-35-119(36-34-117)102-110-57-76(58-111-102)97(131)106-30-44-138-42-29-88(128)121-32-27-73-49-71(20-22-75(73)60-121)59-123-96-89(95(104)112-62-113-96)91(115-123)74-23-26-82-78(51-74)114-100(105)142-82/h11-13,16-17,20,22-23,26,47,49,51,55-58,62-63,65-67,69-70,77,79-81,83-85,92-93,124-125,129,134H,14-15,18-19,21,24-25,27-46,48,50,52-54,59-61H2,1-10H3,(H2,105,114)(H,106,131)(H,107,126)(H2,104,112,113)/b13-11?,16-12+,64-17?,68-47+,116-90+/t63-,65-,66-,67-,69-,70+,77+,79+,80-,81-,83+,84+,85-,92-,93+,103-/m1/s1. The lowest BCUT2D eigenvalue weighted by atomic mass is 9.78. The number of nitrogens with two attached hydrogens (primary N) is 2. The number of nitrogen functional groups attached to an aromatic ring is 2. The second-order valence-corrected chi connectivity index (χ2v) is 39.2. The molecule has 10 N–H and O–H groups in total. The molecule has 7 aromatic rings. The number of carbonyl (C=O) groups excluding carboxylic acids is 7. The molecule has 40 heteroatoms. The van der Waals surface area contributed by atoms with Crippen LogP contribution in [0.1, 0.15) is 171 Å². The Hall–Kier alpha value is -11.7. The van der Waals surface area contributed by atoms with E-state index in [1.165, 1.54) is 30.7 Å². The number of piperazine rings is 2. The molecule has 5 fully saturated rings. The Labute approximate surface area is 834 Å². The number of hydrogen-bond acceptors (Lipinski definition) is 34. The van der Waals surface area contributed by atoms with Crippen LogP contribution in [0.3, 0.4) is 0 Å². The highest BCUT2D eigenvalue weighted by atomic mass is 16.6. The van der Waals surface area contributed by atoms with Crippen molar-refractivity contribution in [3.05, 3.63) is 143 Å². The first-order valence-electron chi connectivity index (χ1n) is 50.3. The number of allylic oxidation sites excluding steroid dienone is 5. The number of hydrogen-bond donors (Lipinski definition) is 8. The Balaban J connectivity index is 0.490. The lowest BCUT2D eigenvalue weighted by Crippen LogP contribution is -2.61. The van der Waals surface area contributed by atoms with Crippen LogP contribution in [0.15, 0.2) is 125 Å². The summed E-state index contributed by atoms with van der Waals surface area (Å²) in [7, 11) is 4.59. The number of Topliss-reactive ketones (excluding diaryl/α,β-unsaturated/α-hetero) is 1. The number of anilines is 4. The first-order valence-corrected chi connectivity index (χ1v) is 50.3. The maximum absolute atomic E-state index is 14.8. The monoisotopic (exact) mass is 1980 g/mol. The van der Waals surface area contributed by atoms with Gasteiger partial charge in [-0.15, -0.1) is 0 Å². The summed E-state index contributed by atoms with van der Waals surface area (Å²) in [6.07, 6.45) is 18.9. The largest absolute Gasteiger partial charge is 0.460 e. The van der Waals surface area contributed by atoms with Crippen LogP contribution in [-0.4, -0.2) is 325 Å². The van der Waals surface area contributed by atoms with Crippen LogP contribution >= 0.6 is 0 Å². The molecule has 16 atom stereocenters. The average molecular weight is 1980 g/mol. The Kier molecular flexibility index (Phi) is 38.0. The highest BCUT2D eigenvalue weighted by Crippen LogP contribution is 2.40. The summed E-state index contributed by atoms with van der Waals surface area (Å²) in [5, 5.41) is 63.3. The molecule has 14 rings (SSSR count). The van der Waals surface area contributed by atoms with Crippen molar-refractivity contribution in [1.82, 2.24) is 74.9 Å². The number of amides is 5. The highest BCUT2D eigenvalue weighted by Gasteiger charge is 2.54. The van der Waals surface area contributed by atoms with Gasteiger partial charge in [0.25, 0.3) is 29.5 Å². The van der Waals surface area contributed by atoms with E-state index < -0.39 is 102 Å². The molecule has 11 heterocycles. The Bertz CT molecular complexity index is 5640. The lowest BCUT2D eigenvalue weighted by Gasteiger charge is -2.43. The van der Waals surface area contributed by atoms with Crippen molar-refractivity contribution in [2.45, 2.75) is 225 Å². The zero-order valence-electron chi connectivity index (χ0n) is 83.9. The van der Waals surface area contributed by atoms with Gasteiger partial charge >= 0.3 is 5.97 Å². The third kappa shape index (κ3) is 27.9. The Morgan fingerprint density at radius 2 is 1.43 bits per heavy atom. The second-order valence-electron chi connectivity index (χ2n) is 39.2. The molecular weight excluding hydrogens is 1840 g/mol. The van der Waals surface area contributed by atoms with Crippen LogP contribution in [0, 0.1) is 35.5 Å². The van der Waals surface area contributed by atoms with Gasteiger partial charge in [-0.2, -0.15) is 10.1 Å². The van der Waals surface area contributed by atoms with Gasteiger partial charge in [0.15, 0.2) is 17.8 Å². The minimum absolute atomic E-state index is 0.00139. The van der Waals surface area contributed by atoms with E-state index in [0.29, 0.717) is 204 Å². The topological polar surface area (TPSA) is 503 Å². The number of ketones is 1. The van der Waals surface area contributed by atoms with Crippen molar-refractivity contribution in [3.8, 4) is 11.3 Å². The molecule has 1 aliphatic carbocycles. The van der Waals surface area contributed by atoms with E-state index in [9.17, 15) is 54.0 Å². The maximum atomic E-state index is 14.8. The number of fused-ring (bicyclic) bond motifs is 6. The van der Waals surface area contributed by atoms with Gasteiger partial charge in [0.2, 0.25) is 29.5 Å². The molecule has 6 aliphatic heterocycles. The number of aliphatic hydroxyl groups excluding tert-OH is 3. The van der Waals surface area contributed by atoms with E-state index in [1.54, 1.807) is 59.5 Å². The first kappa shape index (κ1) is 107. The zero-order valence-corrected chi connectivity index (χ0v) is 83.9. The number of benzene rings is 2. The van der Waals surface area contributed by atoms with Crippen LogP contribution in [-0.2, 0) is 92.8 Å². The number of oxazole rings is 1. The van der Waals surface area contributed by atoms with Crippen LogP contribution in [0.4, 0.5) is 23.7 Å². The van der Waals surface area contributed by atoms with Crippen molar-refractivity contribution in [2.75, 3.05) is 154 Å². The lowest BCUT2D eigenvalue weighted by molar-refractivity contribution is -0.265. The number of esters is 1. The van der Waals surface area contributed by atoms with E-state index in [-0.39, 0.29) is 119 Å². The van der Waals surface area contributed by atoms with Gasteiger partial charge in [0.05, 0.1) is 93.0 Å². The molecule has 143 heavy (non-hydrogen) atoms. The molecule has 0 unspecified atom stereocenters. The van der Waals surface area contributed by atoms with Gasteiger partial charge in [-0.3, -0.25) is 33.7 Å². The molecule has 774 valence electrons. The maximum Gasteiger partial charge on any atom is 0.329 e. The smallest absolute Gasteiger partial charge is 0.329 e. The summed E-state index contributed by atoms with van der Waals surface area (Å²) in [5.41, 5.74) is 21.2. The molecule has 4 saturated heterocycles. The molecule has 0 radical (unpaired) electrons. The normalized spacial score (nSPS) is 26.9. The molecular formula is C103H142N20O20. The summed E-state index contributed by atoms with van der Waals surface area (Å²) in [6, 6.07) is 10.7. The summed E-state index contributed by atoms with van der Waals surface area (Å²) in [6.45, 7) is 21.2. The fraction of sp³-hybridized carbons (Fsp3) is 0.592. The van der Waals surface area contributed by atoms with E-state index >= 15 is 0 Å². The minimum atomic E-state index is -2.47. The summed E-state index contributed by atoms with van der Waals surface area (Å²) >= 11 is 0. The fourth-order valence-electron chi connectivity index (χ4n) is 20.3. The van der Waals surface area contributed by atoms with Gasteiger partial charge in [0, 0.05) is 179 Å². The minimum Gasteiger partial charge on any atom is -0.460 e. The van der Waals surface area contributed by atoms with Crippen molar-refractivity contribution in [3.63, 3.8) is 0 Å². The molecule has 7 aliphatic rings. The number of ether oxygens (including phenoxy) is 7. The number of carbonyl (C=O) groups is 7. The molecule has 5 amide bonds. The van der Waals surface area contributed by atoms with E-state index in [0.717, 1.165) is 40.9 Å². The molecule has 2 aromatic carbocycles. The third-order valence-corrected chi connectivity index (χ3v) is 28.9. The van der Waals surface area contributed by atoms with Gasteiger partial charge in [0.1, 0.15) is 47.7 Å². The molecule has 40 nitrogen and oxygen atoms in total. The number of oxime groups is 1. The number of methoxy groups -OCH3 is 3. The molecule has 5 aromatic heterocycles. The molecule has 0 spiro atoms. The number of aromatic nitrogens is 9. The van der Waals surface area contributed by atoms with Crippen molar-refractivity contribution >= 4 is 92.9 Å². The second kappa shape index (κ2) is 50.7. The Morgan fingerprint density at radius 3 is 2.16 bits per heavy atom. The van der Waals surface area contributed by atoms with Gasteiger partial charge in [-0.1, -0.05) is 94.4 Å². The van der Waals surface area contributed by atoms with Gasteiger partial charge in [-0.05, 0) is 148 Å². The number of rotatable bonds is 29. The number of nitrogens with zero attached hydrogens (tertiary/aromatic N) is 16. The van der Waals surface area contributed by atoms with Crippen molar-refractivity contribution in [1.29, 1.82) is 0 Å². The average Bonchev–Trinajstić information content (AvgIpc) is 1.62. The quantitative estimate of drug-likeness (QED) is 0.00742. The van der Waals surface area contributed by atoms with Crippen molar-refractivity contribution in [2.24, 2.45) is 40.7 Å². The van der Waals surface area contributed by atoms with Crippen LogP contribution in [0.2, 0.25) is 0 Å². The summed E-state index contributed by atoms with van der Waals surface area (Å²) in [4.78, 5) is 146. The molecule has 1 saturated carbocycles. The van der Waals surface area contributed by atoms with Crippen molar-refractivity contribution < 1.29 is 96.4 Å². The Morgan fingerprint density at radius 1 is 0.699 bits per heavy atom. The molecule has 2 bridgehead atoms. The van der Waals surface area contributed by atoms with E-state index in [2.05, 4.69) is 72.6 Å². The first-order chi connectivity index (χ1) is 68.9. The van der Waals surface area contributed by atoms with Crippen LogP contribution in [0.5, 0.6) is 0 Å². The summed E-state index contributed by atoms with van der Waals surface area (Å²) in [5.74, 6) is -6.99. The summed E-state index contributed by atoms with van der Waals surface area (Å²) < 4.78 is 49.4. The SMILES string of the molecule is CO[C@H]1C[C@@H]2CC[C@@H](C)[C@@](O)(O2)C(=O)C(=O)N2CCCC[C@H]2C(=O)O[C@H]([C@H](C)C[C@@H]2CC[C@@H](O)[C@H](OC)C2)C[C@@H](O)[C@H](C)/C=C(\C)[C@@H](O)[C@@H](OC)/C(=N/OCC(=O)NCc2cnc(N3CCN(C(=O)CCOCCN4CCN(c5ncc(C(=O)NCCOCCC(=O)N6CCc7cc(Cn8nc(-c9ccc%10oc(N)nc%10c9)c9c(N)ncnc98)ccc7C6)cn5)CC4)CC3)nc2)[C@H](C)C[C@H](C)/C=C/C=CC=C1C. The number of cyclic esters (lactones) is 1. The third-order valence-electron chi connectivity index (χ3n) is 28.9. The van der Waals surface area contributed by atoms with E-state index in [4.69, 9.17) is 59.0 Å². The zero-order chi connectivity index (χ0) is 102.